The van der Waals surface area contributed by atoms with Crippen LogP contribution in [0.4, 0.5) is 0 Å². The molecule has 1 aromatic rings. The van der Waals surface area contributed by atoms with Crippen LogP contribution in [0.5, 0.6) is 0 Å². The lowest BCUT2D eigenvalue weighted by Gasteiger charge is -2.28. The molecular formula is C13H16Cl2N2O2. The minimum atomic E-state index is -0.277. The molecule has 0 aromatic heterocycles. The lowest BCUT2D eigenvalue weighted by molar-refractivity contribution is -0.129. The third-order valence-electron chi connectivity index (χ3n) is 3.31. The van der Waals surface area contributed by atoms with Crippen molar-refractivity contribution in [1.82, 2.24) is 4.90 Å². The summed E-state index contributed by atoms with van der Waals surface area (Å²) in [6.07, 6.45) is 0.317. The lowest BCUT2D eigenvalue weighted by atomic mass is 10.0. The van der Waals surface area contributed by atoms with Crippen molar-refractivity contribution in [1.29, 1.82) is 0 Å². The van der Waals surface area contributed by atoms with Crippen LogP contribution in [0.25, 0.3) is 0 Å². The molecule has 1 aromatic carbocycles. The first-order valence-corrected chi connectivity index (χ1v) is 6.79. The smallest absolute Gasteiger partial charge is 0.224 e. The van der Waals surface area contributed by atoms with E-state index >= 15 is 0 Å². The Morgan fingerprint density at radius 2 is 2.21 bits per heavy atom. The summed E-state index contributed by atoms with van der Waals surface area (Å²) in [5.41, 5.74) is 6.87. The maximum absolute atomic E-state index is 12.0. The van der Waals surface area contributed by atoms with E-state index in [9.17, 15) is 4.79 Å². The molecule has 2 rings (SSSR count). The van der Waals surface area contributed by atoms with Gasteiger partial charge in [-0.1, -0.05) is 35.3 Å². The van der Waals surface area contributed by atoms with Crippen molar-refractivity contribution in [2.75, 3.05) is 20.3 Å². The summed E-state index contributed by atoms with van der Waals surface area (Å²) in [6.45, 7) is 0.962. The van der Waals surface area contributed by atoms with Crippen LogP contribution in [0.15, 0.2) is 18.2 Å². The van der Waals surface area contributed by atoms with E-state index in [4.69, 9.17) is 33.7 Å². The fourth-order valence-electron chi connectivity index (χ4n) is 2.42. The standard InChI is InChI=1S/C13H16Cl2N2O2/c1-19-6-5-17-11(18)7-10(16)13(17)8-3-2-4-9(14)12(8)15/h2-4,10,13H,5-7,16H2,1H3. The number of amides is 1. The molecule has 4 nitrogen and oxygen atoms in total. The Morgan fingerprint density at radius 3 is 2.89 bits per heavy atom. The third kappa shape index (κ3) is 2.87. The molecule has 1 amide bonds. The maximum Gasteiger partial charge on any atom is 0.224 e. The summed E-state index contributed by atoms with van der Waals surface area (Å²) in [5, 5.41) is 0.930. The SMILES string of the molecule is COCCN1C(=O)CC(N)C1c1cccc(Cl)c1Cl. The number of carbonyl (C=O) groups is 1. The monoisotopic (exact) mass is 302 g/mol. The van der Waals surface area contributed by atoms with Crippen LogP contribution >= 0.6 is 23.2 Å². The normalized spacial score (nSPS) is 23.2. The number of halogens is 2. The molecule has 2 atom stereocenters. The summed E-state index contributed by atoms with van der Waals surface area (Å²) in [5.74, 6) is 0.0191. The van der Waals surface area contributed by atoms with Crippen LogP contribution in [0.3, 0.4) is 0 Å². The summed E-state index contributed by atoms with van der Waals surface area (Å²) >= 11 is 12.3. The van der Waals surface area contributed by atoms with Crippen LogP contribution in [0, 0.1) is 0 Å². The van der Waals surface area contributed by atoms with Crippen molar-refractivity contribution >= 4 is 29.1 Å². The van der Waals surface area contributed by atoms with Gasteiger partial charge in [-0.25, -0.2) is 0 Å². The largest absolute Gasteiger partial charge is 0.383 e. The maximum atomic E-state index is 12.0. The molecular weight excluding hydrogens is 287 g/mol. The first kappa shape index (κ1) is 14.6. The minimum absolute atomic E-state index is 0.0191. The quantitative estimate of drug-likeness (QED) is 0.928. The Labute approximate surface area is 122 Å². The van der Waals surface area contributed by atoms with E-state index in [2.05, 4.69) is 0 Å². The molecule has 2 unspecified atom stereocenters. The second kappa shape index (κ2) is 6.09. The molecule has 0 saturated carbocycles. The Kier molecular flexibility index (Phi) is 4.68. The van der Waals surface area contributed by atoms with Gasteiger partial charge < -0.3 is 15.4 Å². The molecule has 19 heavy (non-hydrogen) atoms. The Balaban J connectivity index is 2.34. The van der Waals surface area contributed by atoms with Gasteiger partial charge in [0, 0.05) is 26.1 Å². The second-order valence-electron chi connectivity index (χ2n) is 4.54. The predicted molar refractivity (Wildman–Crippen MR) is 75.4 cm³/mol. The predicted octanol–water partition coefficient (Wildman–Crippen LogP) is 2.24. The molecule has 104 valence electrons. The van der Waals surface area contributed by atoms with Gasteiger partial charge in [0.1, 0.15) is 0 Å². The fourth-order valence-corrected chi connectivity index (χ4v) is 2.84. The van der Waals surface area contributed by atoms with E-state index < -0.39 is 0 Å². The zero-order chi connectivity index (χ0) is 14.0. The number of carbonyl (C=O) groups excluding carboxylic acids is 1. The van der Waals surface area contributed by atoms with E-state index in [0.29, 0.717) is 29.6 Å². The van der Waals surface area contributed by atoms with Crippen molar-refractivity contribution in [3.8, 4) is 0 Å². The van der Waals surface area contributed by atoms with E-state index in [1.165, 1.54) is 0 Å². The molecule has 6 heteroatoms. The van der Waals surface area contributed by atoms with Crippen molar-refractivity contribution < 1.29 is 9.53 Å². The average Bonchev–Trinajstić information content (AvgIpc) is 2.65. The highest BCUT2D eigenvalue weighted by atomic mass is 35.5. The number of likely N-dealkylation sites (tertiary alicyclic amines) is 1. The summed E-state index contributed by atoms with van der Waals surface area (Å²) in [7, 11) is 1.60. The molecule has 1 aliphatic rings. The Morgan fingerprint density at radius 1 is 1.47 bits per heavy atom. The summed E-state index contributed by atoms with van der Waals surface area (Å²) in [4.78, 5) is 13.7. The number of nitrogens with two attached hydrogens (primary N) is 1. The van der Waals surface area contributed by atoms with Gasteiger partial charge in [-0.15, -0.1) is 0 Å². The zero-order valence-electron chi connectivity index (χ0n) is 10.6. The van der Waals surface area contributed by atoms with Gasteiger partial charge in [0.05, 0.1) is 22.7 Å². The molecule has 1 heterocycles. The van der Waals surface area contributed by atoms with E-state index in [0.717, 1.165) is 5.56 Å². The molecule has 0 radical (unpaired) electrons. The minimum Gasteiger partial charge on any atom is -0.383 e. The van der Waals surface area contributed by atoms with Crippen molar-refractivity contribution in [3.05, 3.63) is 33.8 Å². The number of hydrogen-bond donors (Lipinski definition) is 1. The van der Waals surface area contributed by atoms with Gasteiger partial charge in [0.2, 0.25) is 5.91 Å². The number of hydrogen-bond acceptors (Lipinski definition) is 3. The number of methoxy groups -OCH3 is 1. The van der Waals surface area contributed by atoms with E-state index in [-0.39, 0.29) is 18.0 Å². The first-order chi connectivity index (χ1) is 9.06. The highest BCUT2D eigenvalue weighted by Crippen LogP contribution is 2.38. The molecule has 0 bridgehead atoms. The van der Waals surface area contributed by atoms with Crippen LogP contribution in [-0.4, -0.2) is 37.1 Å². The van der Waals surface area contributed by atoms with Crippen LogP contribution in [-0.2, 0) is 9.53 Å². The van der Waals surface area contributed by atoms with Crippen molar-refractivity contribution in [2.45, 2.75) is 18.5 Å². The van der Waals surface area contributed by atoms with Gasteiger partial charge in [-0.05, 0) is 11.6 Å². The average molecular weight is 303 g/mol. The third-order valence-corrected chi connectivity index (χ3v) is 4.14. The number of benzene rings is 1. The summed E-state index contributed by atoms with van der Waals surface area (Å²) < 4.78 is 5.03. The number of ether oxygens (including phenoxy) is 1. The van der Waals surface area contributed by atoms with Crippen LogP contribution in [0.1, 0.15) is 18.0 Å². The lowest BCUT2D eigenvalue weighted by Crippen LogP contribution is -2.35. The molecule has 1 saturated heterocycles. The Hall–Kier alpha value is -0.810. The second-order valence-corrected chi connectivity index (χ2v) is 5.32. The van der Waals surface area contributed by atoms with Gasteiger partial charge in [0.15, 0.2) is 0 Å². The number of rotatable bonds is 4. The highest BCUT2D eigenvalue weighted by Gasteiger charge is 2.39. The van der Waals surface area contributed by atoms with Crippen molar-refractivity contribution in [2.24, 2.45) is 5.73 Å². The fraction of sp³-hybridized carbons (Fsp3) is 0.462. The van der Waals surface area contributed by atoms with Gasteiger partial charge >= 0.3 is 0 Å². The van der Waals surface area contributed by atoms with Crippen LogP contribution < -0.4 is 5.73 Å². The molecule has 0 aliphatic carbocycles. The number of nitrogens with zero attached hydrogens (tertiary/aromatic N) is 1. The molecule has 1 aliphatic heterocycles. The Bertz CT molecular complexity index is 482. The van der Waals surface area contributed by atoms with Gasteiger partial charge in [-0.2, -0.15) is 0 Å². The van der Waals surface area contributed by atoms with Crippen LogP contribution in [0.2, 0.25) is 10.0 Å². The van der Waals surface area contributed by atoms with E-state index in [1.54, 1.807) is 18.1 Å². The topological polar surface area (TPSA) is 55.6 Å². The summed E-state index contributed by atoms with van der Waals surface area (Å²) in [6, 6.07) is 4.87. The molecule has 1 fully saturated rings. The molecule has 0 spiro atoms. The highest BCUT2D eigenvalue weighted by molar-refractivity contribution is 6.42. The zero-order valence-corrected chi connectivity index (χ0v) is 12.1. The van der Waals surface area contributed by atoms with Gasteiger partial charge in [-0.3, -0.25) is 4.79 Å². The van der Waals surface area contributed by atoms with Gasteiger partial charge in [0.25, 0.3) is 0 Å². The molecule has 2 N–H and O–H groups in total. The van der Waals surface area contributed by atoms with E-state index in [1.807, 2.05) is 12.1 Å². The van der Waals surface area contributed by atoms with Crippen molar-refractivity contribution in [3.63, 3.8) is 0 Å². The first-order valence-electron chi connectivity index (χ1n) is 6.04.